The van der Waals surface area contributed by atoms with E-state index in [9.17, 15) is 8.42 Å². The number of nitriles is 1. The lowest BCUT2D eigenvalue weighted by Crippen LogP contribution is -2.33. The van der Waals surface area contributed by atoms with Gasteiger partial charge in [-0.15, -0.1) is 11.3 Å². The lowest BCUT2D eigenvalue weighted by atomic mass is 10.2. The highest BCUT2D eigenvalue weighted by Crippen LogP contribution is 2.21. The van der Waals surface area contributed by atoms with Crippen LogP contribution < -0.4 is 0 Å². The van der Waals surface area contributed by atoms with E-state index < -0.39 is 10.0 Å². The predicted molar refractivity (Wildman–Crippen MR) is 63.5 cm³/mol. The molecule has 0 N–H and O–H groups in total. The van der Waals surface area contributed by atoms with E-state index in [2.05, 4.69) is 0 Å². The fraction of sp³-hybridized carbons (Fsp3) is 0.500. The van der Waals surface area contributed by atoms with Crippen molar-refractivity contribution in [1.29, 1.82) is 5.26 Å². The van der Waals surface area contributed by atoms with Gasteiger partial charge in [0.25, 0.3) is 10.0 Å². The largest absolute Gasteiger partial charge is 0.252 e. The first-order chi connectivity index (χ1) is 7.52. The van der Waals surface area contributed by atoms with Crippen molar-refractivity contribution in [2.24, 2.45) is 5.92 Å². The lowest BCUT2D eigenvalue weighted by molar-refractivity contribution is 0.401. The van der Waals surface area contributed by atoms with Gasteiger partial charge in [0.05, 0.1) is 12.0 Å². The molecule has 4 nitrogen and oxygen atoms in total. The Morgan fingerprint density at radius 1 is 1.62 bits per heavy atom. The topological polar surface area (TPSA) is 61.2 Å². The van der Waals surface area contributed by atoms with Gasteiger partial charge in [0.1, 0.15) is 4.21 Å². The maximum Gasteiger partial charge on any atom is 0.252 e. The molecule has 0 aliphatic heterocycles. The summed E-state index contributed by atoms with van der Waals surface area (Å²) < 4.78 is 25.9. The number of rotatable bonds is 5. The van der Waals surface area contributed by atoms with Gasteiger partial charge in [-0.05, 0) is 18.4 Å². The molecule has 0 amide bonds. The average Bonchev–Trinajstić information content (AvgIpc) is 2.78. The first kappa shape index (κ1) is 13.2. The van der Waals surface area contributed by atoms with E-state index in [1.165, 1.54) is 15.6 Å². The summed E-state index contributed by atoms with van der Waals surface area (Å²) in [6, 6.07) is 5.33. The van der Waals surface area contributed by atoms with Crippen LogP contribution >= 0.6 is 11.3 Å². The van der Waals surface area contributed by atoms with E-state index in [4.69, 9.17) is 5.26 Å². The number of hydrogen-bond donors (Lipinski definition) is 0. The van der Waals surface area contributed by atoms with Gasteiger partial charge < -0.3 is 0 Å². The molecule has 0 saturated carbocycles. The fourth-order valence-electron chi connectivity index (χ4n) is 1.28. The Bertz CT molecular complexity index is 460. The summed E-state index contributed by atoms with van der Waals surface area (Å²) in [5.74, 6) is -0.297. The van der Waals surface area contributed by atoms with Crippen LogP contribution in [-0.2, 0) is 10.0 Å². The zero-order valence-corrected chi connectivity index (χ0v) is 10.9. The fourth-order valence-corrected chi connectivity index (χ4v) is 3.96. The minimum atomic E-state index is -3.41. The first-order valence-corrected chi connectivity index (χ1v) is 7.27. The van der Waals surface area contributed by atoms with Gasteiger partial charge in [0.2, 0.25) is 0 Å². The summed E-state index contributed by atoms with van der Waals surface area (Å²) in [6.45, 7) is 4.11. The molecular weight excluding hydrogens is 244 g/mol. The molecule has 6 heteroatoms. The molecule has 1 atom stereocenters. The molecule has 1 aromatic rings. The van der Waals surface area contributed by atoms with Crippen molar-refractivity contribution < 1.29 is 8.42 Å². The van der Waals surface area contributed by atoms with Crippen LogP contribution in [0, 0.1) is 17.2 Å². The number of thiophene rings is 1. The lowest BCUT2D eigenvalue weighted by Gasteiger charge is -2.20. The zero-order chi connectivity index (χ0) is 12.2. The van der Waals surface area contributed by atoms with E-state index in [1.54, 1.807) is 31.4 Å². The summed E-state index contributed by atoms with van der Waals surface area (Å²) in [5, 5.41) is 10.4. The molecule has 0 spiro atoms. The van der Waals surface area contributed by atoms with Gasteiger partial charge in [-0.1, -0.05) is 13.0 Å². The first-order valence-electron chi connectivity index (χ1n) is 4.95. The van der Waals surface area contributed by atoms with Crippen molar-refractivity contribution in [3.05, 3.63) is 17.5 Å². The average molecular weight is 258 g/mol. The molecule has 0 radical (unpaired) electrons. The van der Waals surface area contributed by atoms with Crippen LogP contribution in [0.1, 0.15) is 13.8 Å². The highest BCUT2D eigenvalue weighted by atomic mass is 32.2. The summed E-state index contributed by atoms with van der Waals surface area (Å²) in [5.41, 5.74) is 0. The van der Waals surface area contributed by atoms with Crippen molar-refractivity contribution in [3.63, 3.8) is 0 Å². The normalized spacial score (nSPS) is 13.6. The van der Waals surface area contributed by atoms with E-state index >= 15 is 0 Å². The third-order valence-electron chi connectivity index (χ3n) is 2.14. The number of hydrogen-bond acceptors (Lipinski definition) is 4. The smallest absolute Gasteiger partial charge is 0.206 e. The molecule has 16 heavy (non-hydrogen) atoms. The van der Waals surface area contributed by atoms with Gasteiger partial charge in [-0.25, -0.2) is 8.42 Å². The maximum atomic E-state index is 12.1. The third kappa shape index (κ3) is 2.82. The third-order valence-corrected chi connectivity index (χ3v) is 5.45. The molecule has 0 aromatic carbocycles. The van der Waals surface area contributed by atoms with Gasteiger partial charge in [0, 0.05) is 13.1 Å². The molecular formula is C10H14N2O2S2. The molecule has 1 aromatic heterocycles. The van der Waals surface area contributed by atoms with Crippen LogP contribution in [0.4, 0.5) is 0 Å². The van der Waals surface area contributed by atoms with Crippen LogP contribution in [0.5, 0.6) is 0 Å². The Kier molecular flexibility index (Phi) is 4.47. The van der Waals surface area contributed by atoms with Crippen molar-refractivity contribution in [3.8, 4) is 6.07 Å². The van der Waals surface area contributed by atoms with Crippen LogP contribution in [0.3, 0.4) is 0 Å². The van der Waals surface area contributed by atoms with Crippen LogP contribution in [0.2, 0.25) is 0 Å². The van der Waals surface area contributed by atoms with Crippen LogP contribution in [0.25, 0.3) is 0 Å². The minimum Gasteiger partial charge on any atom is -0.206 e. The highest BCUT2D eigenvalue weighted by molar-refractivity contribution is 7.91. The molecule has 0 fully saturated rings. The number of nitrogens with zero attached hydrogens (tertiary/aromatic N) is 2. The molecule has 0 aliphatic rings. The second kappa shape index (κ2) is 5.43. The molecule has 0 aliphatic carbocycles. The van der Waals surface area contributed by atoms with Gasteiger partial charge in [-0.2, -0.15) is 9.57 Å². The van der Waals surface area contributed by atoms with Gasteiger partial charge in [-0.3, -0.25) is 0 Å². The highest BCUT2D eigenvalue weighted by Gasteiger charge is 2.25. The predicted octanol–water partition coefficient (Wildman–Crippen LogP) is 1.92. The quantitative estimate of drug-likeness (QED) is 0.810. The van der Waals surface area contributed by atoms with E-state index in [-0.39, 0.29) is 12.5 Å². The second-order valence-electron chi connectivity index (χ2n) is 3.42. The Hall–Kier alpha value is -0.900. The number of sulfonamides is 1. The Morgan fingerprint density at radius 3 is 2.75 bits per heavy atom. The Labute approximate surface area is 100 Å². The Morgan fingerprint density at radius 2 is 2.31 bits per heavy atom. The van der Waals surface area contributed by atoms with Gasteiger partial charge in [0.15, 0.2) is 0 Å². The molecule has 0 saturated heterocycles. The summed E-state index contributed by atoms with van der Waals surface area (Å²) in [4.78, 5) is 0. The summed E-state index contributed by atoms with van der Waals surface area (Å²) >= 11 is 1.20. The molecule has 1 heterocycles. The van der Waals surface area contributed by atoms with Crippen molar-refractivity contribution in [2.45, 2.75) is 18.1 Å². The van der Waals surface area contributed by atoms with E-state index in [0.717, 1.165) is 0 Å². The SMILES string of the molecule is CCN(CC(C)C#N)S(=O)(=O)c1cccs1. The molecule has 88 valence electrons. The van der Waals surface area contributed by atoms with Crippen molar-refractivity contribution in [1.82, 2.24) is 4.31 Å². The van der Waals surface area contributed by atoms with Gasteiger partial charge >= 0.3 is 0 Å². The standard InChI is InChI=1S/C10H14N2O2S2/c1-3-12(8-9(2)7-11)16(13,14)10-5-4-6-15-10/h4-6,9H,3,8H2,1-2H3. The maximum absolute atomic E-state index is 12.1. The minimum absolute atomic E-state index is 0.243. The molecule has 0 bridgehead atoms. The van der Waals surface area contributed by atoms with E-state index in [1.807, 2.05) is 6.07 Å². The summed E-state index contributed by atoms with van der Waals surface area (Å²) in [7, 11) is -3.41. The second-order valence-corrected chi connectivity index (χ2v) is 6.53. The van der Waals surface area contributed by atoms with Crippen molar-refractivity contribution in [2.75, 3.05) is 13.1 Å². The summed E-state index contributed by atoms with van der Waals surface area (Å²) in [6.07, 6.45) is 0. The molecule has 1 rings (SSSR count). The van der Waals surface area contributed by atoms with Crippen LogP contribution in [0.15, 0.2) is 21.7 Å². The Balaban J connectivity index is 2.93. The van der Waals surface area contributed by atoms with Crippen LogP contribution in [-0.4, -0.2) is 25.8 Å². The molecule has 1 unspecified atom stereocenters. The van der Waals surface area contributed by atoms with E-state index in [0.29, 0.717) is 10.8 Å². The zero-order valence-electron chi connectivity index (χ0n) is 9.25. The monoisotopic (exact) mass is 258 g/mol. The van der Waals surface area contributed by atoms with Crippen molar-refractivity contribution >= 4 is 21.4 Å².